The molecule has 0 bridgehead atoms. The third-order valence-electron chi connectivity index (χ3n) is 4.99. The second-order valence-electron chi connectivity index (χ2n) is 6.84. The van der Waals surface area contributed by atoms with Gasteiger partial charge < -0.3 is 15.4 Å². The van der Waals surface area contributed by atoms with E-state index < -0.39 is 11.7 Å². The topological polar surface area (TPSA) is 50.4 Å². The number of benzene rings is 2. The number of hydrogen-bond donors (Lipinski definition) is 2. The SMILES string of the molecule is O=C(/C=C1\CCOc2cc(C(F)(F)F)ccc21)Nc1cccc2c1CNCC2. The molecule has 1 amide bonds. The molecule has 0 saturated carbocycles. The Morgan fingerprint density at radius 2 is 2.04 bits per heavy atom. The monoisotopic (exact) mass is 388 g/mol. The van der Waals surface area contributed by atoms with Crippen molar-refractivity contribution in [2.24, 2.45) is 0 Å². The summed E-state index contributed by atoms with van der Waals surface area (Å²) in [6.07, 6.45) is -1.62. The van der Waals surface area contributed by atoms with Gasteiger partial charge in [-0.1, -0.05) is 18.2 Å². The van der Waals surface area contributed by atoms with Gasteiger partial charge in [-0.25, -0.2) is 0 Å². The molecule has 0 radical (unpaired) electrons. The zero-order valence-electron chi connectivity index (χ0n) is 15.0. The highest BCUT2D eigenvalue weighted by Gasteiger charge is 2.32. The smallest absolute Gasteiger partial charge is 0.416 e. The van der Waals surface area contributed by atoms with Crippen LogP contribution in [0.2, 0.25) is 0 Å². The summed E-state index contributed by atoms with van der Waals surface area (Å²) in [6.45, 7) is 1.84. The van der Waals surface area contributed by atoms with E-state index in [1.165, 1.54) is 17.7 Å². The van der Waals surface area contributed by atoms with Crippen molar-refractivity contribution in [2.45, 2.75) is 25.6 Å². The van der Waals surface area contributed by atoms with Crippen LogP contribution in [0.4, 0.5) is 18.9 Å². The van der Waals surface area contributed by atoms with E-state index in [-0.39, 0.29) is 18.3 Å². The number of ether oxygens (including phenoxy) is 1. The second-order valence-corrected chi connectivity index (χ2v) is 6.84. The number of hydrogen-bond acceptors (Lipinski definition) is 3. The number of halogens is 3. The van der Waals surface area contributed by atoms with Gasteiger partial charge in [0.15, 0.2) is 0 Å². The number of rotatable bonds is 2. The van der Waals surface area contributed by atoms with Gasteiger partial charge in [0, 0.05) is 30.3 Å². The fourth-order valence-corrected chi connectivity index (χ4v) is 3.60. The summed E-state index contributed by atoms with van der Waals surface area (Å²) < 4.78 is 44.1. The highest BCUT2D eigenvalue weighted by Crippen LogP contribution is 2.38. The maximum atomic E-state index is 12.9. The van der Waals surface area contributed by atoms with E-state index in [1.54, 1.807) is 0 Å². The first-order valence-corrected chi connectivity index (χ1v) is 9.09. The van der Waals surface area contributed by atoms with Gasteiger partial charge in [-0.3, -0.25) is 4.79 Å². The van der Waals surface area contributed by atoms with Crippen molar-refractivity contribution >= 4 is 17.2 Å². The first-order chi connectivity index (χ1) is 13.4. The summed E-state index contributed by atoms with van der Waals surface area (Å²) in [5.41, 5.74) is 3.45. The molecule has 146 valence electrons. The average molecular weight is 388 g/mol. The van der Waals surface area contributed by atoms with Crippen molar-refractivity contribution in [1.29, 1.82) is 0 Å². The van der Waals surface area contributed by atoms with Crippen LogP contribution < -0.4 is 15.4 Å². The largest absolute Gasteiger partial charge is 0.493 e. The van der Waals surface area contributed by atoms with Gasteiger partial charge in [0.25, 0.3) is 0 Å². The van der Waals surface area contributed by atoms with Crippen LogP contribution in [0, 0.1) is 0 Å². The summed E-state index contributed by atoms with van der Waals surface area (Å²) in [5.74, 6) is -0.150. The van der Waals surface area contributed by atoms with E-state index in [1.807, 2.05) is 12.1 Å². The van der Waals surface area contributed by atoms with Crippen molar-refractivity contribution in [3.63, 3.8) is 0 Å². The molecule has 0 aromatic heterocycles. The highest BCUT2D eigenvalue weighted by molar-refractivity contribution is 6.05. The molecule has 0 saturated heterocycles. The molecule has 4 rings (SSSR count). The van der Waals surface area contributed by atoms with Gasteiger partial charge in [0.1, 0.15) is 5.75 Å². The molecule has 2 aliphatic heterocycles. The summed E-state index contributed by atoms with van der Waals surface area (Å²) in [5, 5.41) is 6.20. The molecular weight excluding hydrogens is 369 g/mol. The summed E-state index contributed by atoms with van der Waals surface area (Å²) in [4.78, 5) is 12.6. The van der Waals surface area contributed by atoms with Crippen LogP contribution in [0.3, 0.4) is 0 Å². The van der Waals surface area contributed by atoms with Crippen LogP contribution in [-0.4, -0.2) is 19.1 Å². The first-order valence-electron chi connectivity index (χ1n) is 9.09. The lowest BCUT2D eigenvalue weighted by atomic mass is 9.97. The van der Waals surface area contributed by atoms with Crippen molar-refractivity contribution < 1.29 is 22.7 Å². The van der Waals surface area contributed by atoms with Crippen LogP contribution in [0.1, 0.15) is 28.7 Å². The number of anilines is 1. The molecule has 4 nitrogen and oxygen atoms in total. The zero-order valence-corrected chi connectivity index (χ0v) is 15.0. The predicted octanol–water partition coefficient (Wildman–Crippen LogP) is 4.16. The Morgan fingerprint density at radius 1 is 1.18 bits per heavy atom. The first kappa shape index (κ1) is 18.6. The van der Waals surface area contributed by atoms with E-state index >= 15 is 0 Å². The maximum absolute atomic E-state index is 12.9. The van der Waals surface area contributed by atoms with Crippen molar-refractivity contribution in [3.8, 4) is 5.75 Å². The Balaban J connectivity index is 1.58. The van der Waals surface area contributed by atoms with Crippen LogP contribution in [-0.2, 0) is 23.9 Å². The second kappa shape index (κ2) is 7.31. The number of nitrogens with one attached hydrogen (secondary N) is 2. The molecule has 2 heterocycles. The fourth-order valence-electron chi connectivity index (χ4n) is 3.60. The molecule has 2 aromatic rings. The summed E-state index contributed by atoms with van der Waals surface area (Å²) in [7, 11) is 0. The van der Waals surface area contributed by atoms with E-state index in [4.69, 9.17) is 4.74 Å². The minimum absolute atomic E-state index is 0.154. The number of fused-ring (bicyclic) bond motifs is 2. The minimum Gasteiger partial charge on any atom is -0.493 e. The molecule has 2 N–H and O–H groups in total. The van der Waals surface area contributed by atoms with Crippen molar-refractivity contribution in [3.05, 3.63) is 64.7 Å². The molecular formula is C21H19F3N2O2. The molecule has 2 aromatic carbocycles. The van der Waals surface area contributed by atoms with Gasteiger partial charge in [-0.05, 0) is 47.9 Å². The third-order valence-corrected chi connectivity index (χ3v) is 4.99. The Hall–Kier alpha value is -2.80. The number of carbonyl (C=O) groups excluding carboxylic acids is 1. The lowest BCUT2D eigenvalue weighted by Crippen LogP contribution is -2.25. The normalized spacial score (nSPS) is 17.5. The quantitative estimate of drug-likeness (QED) is 0.760. The van der Waals surface area contributed by atoms with Gasteiger partial charge in [-0.2, -0.15) is 13.2 Å². The lowest BCUT2D eigenvalue weighted by Gasteiger charge is -2.22. The molecule has 28 heavy (non-hydrogen) atoms. The molecule has 0 atom stereocenters. The van der Waals surface area contributed by atoms with Crippen LogP contribution in [0.15, 0.2) is 42.5 Å². The van der Waals surface area contributed by atoms with Crippen LogP contribution >= 0.6 is 0 Å². The van der Waals surface area contributed by atoms with Crippen molar-refractivity contribution in [1.82, 2.24) is 5.32 Å². The molecule has 0 unspecified atom stereocenters. The van der Waals surface area contributed by atoms with E-state index in [2.05, 4.69) is 16.7 Å². The fraction of sp³-hybridized carbons (Fsp3) is 0.286. The molecule has 0 aliphatic carbocycles. The molecule has 0 fully saturated rings. The Morgan fingerprint density at radius 3 is 2.86 bits per heavy atom. The van der Waals surface area contributed by atoms with Gasteiger partial charge in [0.05, 0.1) is 12.2 Å². The molecule has 2 aliphatic rings. The summed E-state index contributed by atoms with van der Waals surface area (Å²) >= 11 is 0. The standard InChI is InChI=1S/C21H19F3N2O2/c22-21(23,24)15-4-5-16-14(7-9-28-19(16)11-15)10-20(27)26-18-3-1-2-13-6-8-25-12-17(13)18/h1-5,10-11,25H,6-9,12H2,(H,26,27)/b14-10+. The van der Waals surface area contributed by atoms with Gasteiger partial charge >= 0.3 is 6.18 Å². The Bertz CT molecular complexity index is 951. The average Bonchev–Trinajstić information content (AvgIpc) is 2.67. The van der Waals surface area contributed by atoms with E-state index in [9.17, 15) is 18.0 Å². The summed E-state index contributed by atoms with van der Waals surface area (Å²) in [6, 6.07) is 9.19. The maximum Gasteiger partial charge on any atom is 0.416 e. The lowest BCUT2D eigenvalue weighted by molar-refractivity contribution is -0.137. The minimum atomic E-state index is -4.43. The Kier molecular flexibility index (Phi) is 4.85. The van der Waals surface area contributed by atoms with Gasteiger partial charge in [0.2, 0.25) is 5.91 Å². The predicted molar refractivity (Wildman–Crippen MR) is 100 cm³/mol. The molecule has 7 heteroatoms. The number of alkyl halides is 3. The van der Waals surface area contributed by atoms with Crippen LogP contribution in [0.25, 0.3) is 5.57 Å². The Labute approximate surface area is 160 Å². The van der Waals surface area contributed by atoms with Gasteiger partial charge in [-0.15, -0.1) is 0 Å². The zero-order chi connectivity index (χ0) is 19.7. The molecule has 0 spiro atoms. The highest BCUT2D eigenvalue weighted by atomic mass is 19.4. The number of carbonyl (C=O) groups is 1. The number of amides is 1. The van der Waals surface area contributed by atoms with E-state index in [0.717, 1.165) is 36.3 Å². The third kappa shape index (κ3) is 3.75. The van der Waals surface area contributed by atoms with Crippen LogP contribution in [0.5, 0.6) is 5.75 Å². The van der Waals surface area contributed by atoms with Crippen molar-refractivity contribution in [2.75, 3.05) is 18.5 Å². The van der Waals surface area contributed by atoms with E-state index in [0.29, 0.717) is 24.1 Å².